The van der Waals surface area contributed by atoms with Crippen LogP contribution in [0.4, 0.5) is 8.78 Å². The van der Waals surface area contributed by atoms with E-state index < -0.39 is 11.6 Å². The maximum absolute atomic E-state index is 13.9. The van der Waals surface area contributed by atoms with Gasteiger partial charge in [0.15, 0.2) is 0 Å². The third-order valence-corrected chi connectivity index (χ3v) is 4.42. The maximum Gasteiger partial charge on any atom is 0.272 e. The van der Waals surface area contributed by atoms with Gasteiger partial charge in [0.25, 0.3) is 5.91 Å². The molecule has 0 N–H and O–H groups in total. The minimum atomic E-state index is -0.654. The number of para-hydroxylation sites is 1. The molecule has 1 aliphatic heterocycles. The smallest absolute Gasteiger partial charge is 0.272 e. The van der Waals surface area contributed by atoms with E-state index in [1.807, 2.05) is 30.3 Å². The van der Waals surface area contributed by atoms with Gasteiger partial charge in [-0.15, -0.1) is 0 Å². The Morgan fingerprint density at radius 3 is 2.63 bits per heavy atom. The zero-order valence-corrected chi connectivity index (χ0v) is 14.4. The third-order valence-electron chi connectivity index (χ3n) is 4.42. The molecule has 0 unspecified atom stereocenters. The molecule has 5 nitrogen and oxygen atoms in total. The molecule has 0 spiro atoms. The maximum atomic E-state index is 13.9. The number of nitrogens with zero attached hydrogens (tertiary/aromatic N) is 3. The summed E-state index contributed by atoms with van der Waals surface area (Å²) in [5.74, 6) is -0.798. The molecular formula is C20H17F2N3O2. The summed E-state index contributed by atoms with van der Waals surface area (Å²) >= 11 is 0. The first-order valence-corrected chi connectivity index (χ1v) is 8.58. The minimum absolute atomic E-state index is 0.0893. The summed E-state index contributed by atoms with van der Waals surface area (Å²) in [5, 5.41) is 4.41. The fourth-order valence-corrected chi connectivity index (χ4v) is 3.04. The van der Waals surface area contributed by atoms with E-state index >= 15 is 0 Å². The summed E-state index contributed by atoms with van der Waals surface area (Å²) < 4.78 is 34.2. The Balaban J connectivity index is 1.46. The third kappa shape index (κ3) is 3.67. The van der Waals surface area contributed by atoms with Crippen molar-refractivity contribution in [1.29, 1.82) is 0 Å². The van der Waals surface area contributed by atoms with Gasteiger partial charge in [0.2, 0.25) is 0 Å². The largest absolute Gasteiger partial charge is 0.487 e. The van der Waals surface area contributed by atoms with Gasteiger partial charge in [-0.3, -0.25) is 9.48 Å². The molecule has 27 heavy (non-hydrogen) atoms. The molecule has 1 aliphatic rings. The molecule has 0 bridgehead atoms. The second kappa shape index (κ2) is 7.19. The van der Waals surface area contributed by atoms with Gasteiger partial charge in [-0.2, -0.15) is 5.10 Å². The van der Waals surface area contributed by atoms with Crippen LogP contribution in [0.3, 0.4) is 0 Å². The fourth-order valence-electron chi connectivity index (χ4n) is 3.04. The van der Waals surface area contributed by atoms with Gasteiger partial charge in [-0.1, -0.05) is 24.3 Å². The van der Waals surface area contributed by atoms with Crippen molar-refractivity contribution < 1.29 is 18.3 Å². The van der Waals surface area contributed by atoms with Crippen LogP contribution in [0.25, 0.3) is 0 Å². The van der Waals surface area contributed by atoms with E-state index in [-0.39, 0.29) is 24.6 Å². The molecule has 0 fully saturated rings. The Morgan fingerprint density at radius 2 is 1.85 bits per heavy atom. The summed E-state index contributed by atoms with van der Waals surface area (Å²) in [6, 6.07) is 14.4. The van der Waals surface area contributed by atoms with Crippen molar-refractivity contribution >= 4 is 5.91 Å². The van der Waals surface area contributed by atoms with E-state index in [1.54, 1.807) is 10.7 Å². The zero-order chi connectivity index (χ0) is 18.8. The van der Waals surface area contributed by atoms with Gasteiger partial charge >= 0.3 is 0 Å². The topological polar surface area (TPSA) is 47.4 Å². The lowest BCUT2D eigenvalue weighted by molar-refractivity contribution is 0.0682. The molecule has 2 aromatic carbocycles. The van der Waals surface area contributed by atoms with Crippen LogP contribution < -0.4 is 4.74 Å². The van der Waals surface area contributed by atoms with Crippen LogP contribution in [-0.4, -0.2) is 27.1 Å². The summed E-state index contributed by atoms with van der Waals surface area (Å²) in [6.45, 7) is 1.26. The van der Waals surface area contributed by atoms with E-state index in [0.717, 1.165) is 11.8 Å². The van der Waals surface area contributed by atoms with Crippen molar-refractivity contribution in [2.45, 2.75) is 19.7 Å². The molecule has 0 atom stereocenters. The van der Waals surface area contributed by atoms with E-state index in [1.165, 1.54) is 17.0 Å². The summed E-state index contributed by atoms with van der Waals surface area (Å²) in [4.78, 5) is 14.3. The Kier molecular flexibility index (Phi) is 4.58. The number of fused-ring (bicyclic) bond motifs is 1. The molecule has 0 saturated heterocycles. The second-order valence-corrected chi connectivity index (χ2v) is 6.31. The first-order chi connectivity index (χ1) is 13.1. The van der Waals surface area contributed by atoms with Crippen molar-refractivity contribution in [1.82, 2.24) is 14.7 Å². The molecule has 0 radical (unpaired) electrons. The van der Waals surface area contributed by atoms with Crippen LogP contribution in [0.1, 0.15) is 21.7 Å². The van der Waals surface area contributed by atoms with E-state index in [9.17, 15) is 13.6 Å². The first-order valence-electron chi connectivity index (χ1n) is 8.58. The highest BCUT2D eigenvalue weighted by Crippen LogP contribution is 2.19. The Bertz CT molecular complexity index is 973. The van der Waals surface area contributed by atoms with Gasteiger partial charge < -0.3 is 9.64 Å². The summed E-state index contributed by atoms with van der Waals surface area (Å²) in [7, 11) is 0. The standard InChI is InChI=1S/C20H17F2N3O2/c21-15-7-6-14(18(22)10-15)12-24-8-9-25-19(20(24)26)11-16(23-25)13-27-17-4-2-1-3-5-17/h1-7,10-11H,8-9,12-13H2. The van der Waals surface area contributed by atoms with Crippen molar-refractivity contribution in [3.05, 3.63) is 83.2 Å². The highest BCUT2D eigenvalue weighted by molar-refractivity contribution is 5.93. The number of aromatic nitrogens is 2. The minimum Gasteiger partial charge on any atom is -0.487 e. The van der Waals surface area contributed by atoms with Gasteiger partial charge in [0, 0.05) is 24.7 Å². The van der Waals surface area contributed by atoms with Gasteiger partial charge in [-0.25, -0.2) is 8.78 Å². The van der Waals surface area contributed by atoms with Crippen molar-refractivity contribution in [2.24, 2.45) is 0 Å². The van der Waals surface area contributed by atoms with Gasteiger partial charge in [0.05, 0.1) is 6.54 Å². The fraction of sp³-hybridized carbons (Fsp3) is 0.200. The molecule has 1 amide bonds. The number of rotatable bonds is 5. The average molecular weight is 369 g/mol. The van der Waals surface area contributed by atoms with Crippen LogP contribution >= 0.6 is 0 Å². The number of amides is 1. The molecule has 138 valence electrons. The van der Waals surface area contributed by atoms with Crippen LogP contribution in [0.15, 0.2) is 54.6 Å². The van der Waals surface area contributed by atoms with Crippen molar-refractivity contribution in [3.8, 4) is 5.75 Å². The molecule has 0 aliphatic carbocycles. The van der Waals surface area contributed by atoms with Crippen LogP contribution in [0.5, 0.6) is 5.75 Å². The normalized spacial score (nSPS) is 13.6. The second-order valence-electron chi connectivity index (χ2n) is 6.31. The molecule has 1 aromatic heterocycles. The molecule has 4 rings (SSSR count). The number of carbonyl (C=O) groups is 1. The van der Waals surface area contributed by atoms with Gasteiger partial charge in [0.1, 0.15) is 35.4 Å². The van der Waals surface area contributed by atoms with Crippen molar-refractivity contribution in [2.75, 3.05) is 6.54 Å². The molecular weight excluding hydrogens is 352 g/mol. The lowest BCUT2D eigenvalue weighted by Gasteiger charge is -2.27. The van der Waals surface area contributed by atoms with Crippen LogP contribution in [-0.2, 0) is 19.7 Å². The lowest BCUT2D eigenvalue weighted by atomic mass is 10.1. The van der Waals surface area contributed by atoms with E-state index in [0.29, 0.717) is 24.5 Å². The number of hydrogen-bond acceptors (Lipinski definition) is 3. The molecule has 3 aromatic rings. The number of carbonyl (C=O) groups excluding carboxylic acids is 1. The number of benzene rings is 2. The number of hydrogen-bond donors (Lipinski definition) is 0. The highest BCUT2D eigenvalue weighted by atomic mass is 19.1. The average Bonchev–Trinajstić information content (AvgIpc) is 3.09. The van der Waals surface area contributed by atoms with Gasteiger partial charge in [-0.05, 0) is 24.3 Å². The van der Waals surface area contributed by atoms with Crippen molar-refractivity contribution in [3.63, 3.8) is 0 Å². The molecule has 2 heterocycles. The predicted octanol–water partition coefficient (Wildman–Crippen LogP) is 3.40. The Hall–Kier alpha value is -3.22. The molecule has 0 saturated carbocycles. The van der Waals surface area contributed by atoms with Crippen LogP contribution in [0.2, 0.25) is 0 Å². The lowest BCUT2D eigenvalue weighted by Crippen LogP contribution is -2.40. The summed E-state index contributed by atoms with van der Waals surface area (Å²) in [5.41, 5.74) is 1.37. The van der Waals surface area contributed by atoms with Crippen LogP contribution in [0, 0.1) is 11.6 Å². The van der Waals surface area contributed by atoms with E-state index in [4.69, 9.17) is 4.74 Å². The quantitative estimate of drug-likeness (QED) is 0.693. The summed E-state index contributed by atoms with van der Waals surface area (Å²) in [6.07, 6.45) is 0. The monoisotopic (exact) mass is 369 g/mol. The Labute approximate surface area is 154 Å². The zero-order valence-electron chi connectivity index (χ0n) is 14.4. The predicted molar refractivity (Wildman–Crippen MR) is 94.1 cm³/mol. The van der Waals surface area contributed by atoms with E-state index in [2.05, 4.69) is 5.10 Å². The Morgan fingerprint density at radius 1 is 1.04 bits per heavy atom. The number of ether oxygens (including phenoxy) is 1. The highest BCUT2D eigenvalue weighted by Gasteiger charge is 2.27. The first kappa shape index (κ1) is 17.2. The SMILES string of the molecule is O=C1c2cc(COc3ccccc3)nn2CCN1Cc1ccc(F)cc1F. The molecule has 7 heteroatoms. The number of halogens is 2.